The van der Waals surface area contributed by atoms with Crippen molar-refractivity contribution < 1.29 is 9.13 Å². The van der Waals surface area contributed by atoms with E-state index in [4.69, 9.17) is 4.74 Å². The lowest BCUT2D eigenvalue weighted by Gasteiger charge is -2.16. The van der Waals surface area contributed by atoms with E-state index in [0.717, 1.165) is 24.3 Å². The van der Waals surface area contributed by atoms with Crippen molar-refractivity contribution in [3.63, 3.8) is 0 Å². The second-order valence-corrected chi connectivity index (χ2v) is 4.24. The predicted molar refractivity (Wildman–Crippen MR) is 69.4 cm³/mol. The second-order valence-electron chi connectivity index (χ2n) is 4.24. The van der Waals surface area contributed by atoms with Crippen molar-refractivity contribution in [3.8, 4) is 5.75 Å². The summed E-state index contributed by atoms with van der Waals surface area (Å²) < 4.78 is 17.3. The molecule has 1 N–H and O–H groups in total. The molecule has 2 nitrogen and oxygen atoms in total. The fourth-order valence-electron chi connectivity index (χ4n) is 1.73. The SMILES string of the molecule is CCCNC(C)c1ccc(OCCF)c(C)c1. The molecule has 0 amide bonds. The lowest BCUT2D eigenvalue weighted by atomic mass is 10.0. The van der Waals surface area contributed by atoms with Gasteiger partial charge in [0.25, 0.3) is 0 Å². The summed E-state index contributed by atoms with van der Waals surface area (Å²) >= 11 is 0. The van der Waals surface area contributed by atoms with Crippen molar-refractivity contribution in [2.45, 2.75) is 33.2 Å². The Morgan fingerprint density at radius 3 is 2.76 bits per heavy atom. The van der Waals surface area contributed by atoms with E-state index in [-0.39, 0.29) is 6.61 Å². The van der Waals surface area contributed by atoms with Gasteiger partial charge in [0.05, 0.1) is 0 Å². The van der Waals surface area contributed by atoms with Crippen LogP contribution in [0.3, 0.4) is 0 Å². The van der Waals surface area contributed by atoms with Crippen LogP contribution in [0.25, 0.3) is 0 Å². The lowest BCUT2D eigenvalue weighted by Crippen LogP contribution is -2.19. The molecule has 3 heteroatoms. The summed E-state index contributed by atoms with van der Waals surface area (Å²) in [7, 11) is 0. The third kappa shape index (κ3) is 4.35. The van der Waals surface area contributed by atoms with Gasteiger partial charge in [0.1, 0.15) is 19.0 Å². The van der Waals surface area contributed by atoms with Crippen LogP contribution in [0.15, 0.2) is 18.2 Å². The molecule has 1 unspecified atom stereocenters. The first-order chi connectivity index (χ1) is 8.19. The van der Waals surface area contributed by atoms with Gasteiger partial charge in [-0.25, -0.2) is 4.39 Å². The fourth-order valence-corrected chi connectivity index (χ4v) is 1.73. The van der Waals surface area contributed by atoms with Crippen LogP contribution in [0.1, 0.15) is 37.4 Å². The maximum Gasteiger partial charge on any atom is 0.123 e. The average molecular weight is 239 g/mol. The number of hydrogen-bond donors (Lipinski definition) is 1. The Labute approximate surface area is 103 Å². The minimum absolute atomic E-state index is 0.129. The summed E-state index contributed by atoms with van der Waals surface area (Å²) in [6.45, 7) is 6.98. The highest BCUT2D eigenvalue weighted by Gasteiger charge is 2.07. The zero-order valence-corrected chi connectivity index (χ0v) is 10.9. The van der Waals surface area contributed by atoms with Crippen LogP contribution >= 0.6 is 0 Å². The van der Waals surface area contributed by atoms with Crippen LogP contribution in [0.2, 0.25) is 0 Å². The molecule has 0 bridgehead atoms. The molecule has 17 heavy (non-hydrogen) atoms. The van der Waals surface area contributed by atoms with Gasteiger partial charge in [0, 0.05) is 6.04 Å². The molecule has 0 aliphatic carbocycles. The Morgan fingerprint density at radius 2 is 2.18 bits per heavy atom. The van der Waals surface area contributed by atoms with Crippen LogP contribution in [-0.4, -0.2) is 19.8 Å². The number of aryl methyl sites for hydroxylation is 1. The quantitative estimate of drug-likeness (QED) is 0.787. The number of alkyl halides is 1. The molecule has 1 rings (SSSR count). The highest BCUT2D eigenvalue weighted by Crippen LogP contribution is 2.22. The van der Waals surface area contributed by atoms with Crippen LogP contribution in [0, 0.1) is 6.92 Å². The summed E-state index contributed by atoms with van der Waals surface area (Å²) in [5.74, 6) is 0.772. The van der Waals surface area contributed by atoms with Gasteiger partial charge in [-0.05, 0) is 44.0 Å². The highest BCUT2D eigenvalue weighted by molar-refractivity contribution is 5.37. The van der Waals surface area contributed by atoms with E-state index in [1.807, 2.05) is 19.1 Å². The Balaban J connectivity index is 2.67. The minimum atomic E-state index is -0.449. The standard InChI is InChI=1S/C14H22FNO/c1-4-8-16-12(3)13-5-6-14(11(2)10-13)17-9-7-15/h5-6,10,12,16H,4,7-9H2,1-3H3. The summed E-state index contributed by atoms with van der Waals surface area (Å²) in [6, 6.07) is 6.39. The number of rotatable bonds is 7. The second kappa shape index (κ2) is 7.28. The molecule has 0 saturated carbocycles. The molecule has 0 fully saturated rings. The number of nitrogens with one attached hydrogen (secondary N) is 1. The van der Waals surface area contributed by atoms with Crippen LogP contribution in [-0.2, 0) is 0 Å². The van der Waals surface area contributed by atoms with Gasteiger partial charge < -0.3 is 10.1 Å². The zero-order valence-electron chi connectivity index (χ0n) is 10.9. The Hall–Kier alpha value is -1.09. The van der Waals surface area contributed by atoms with Gasteiger partial charge in [0.2, 0.25) is 0 Å². The monoisotopic (exact) mass is 239 g/mol. The summed E-state index contributed by atoms with van der Waals surface area (Å²) in [6.07, 6.45) is 1.13. The zero-order chi connectivity index (χ0) is 12.7. The Bertz CT molecular complexity index is 341. The van der Waals surface area contributed by atoms with E-state index in [0.29, 0.717) is 6.04 Å². The van der Waals surface area contributed by atoms with Gasteiger partial charge in [-0.1, -0.05) is 19.1 Å². The summed E-state index contributed by atoms with van der Waals surface area (Å²) in [5.41, 5.74) is 2.30. The third-order valence-electron chi connectivity index (χ3n) is 2.73. The molecule has 1 aromatic carbocycles. The van der Waals surface area contributed by atoms with E-state index in [9.17, 15) is 4.39 Å². The van der Waals surface area contributed by atoms with Gasteiger partial charge in [0.15, 0.2) is 0 Å². The Morgan fingerprint density at radius 1 is 1.41 bits per heavy atom. The van der Waals surface area contributed by atoms with Gasteiger partial charge in [-0.2, -0.15) is 0 Å². The first kappa shape index (κ1) is 14.0. The van der Waals surface area contributed by atoms with E-state index >= 15 is 0 Å². The van der Waals surface area contributed by atoms with Crippen molar-refractivity contribution in [2.24, 2.45) is 0 Å². The highest BCUT2D eigenvalue weighted by atomic mass is 19.1. The summed E-state index contributed by atoms with van der Waals surface area (Å²) in [4.78, 5) is 0. The van der Waals surface area contributed by atoms with Crippen LogP contribution in [0.4, 0.5) is 4.39 Å². The van der Waals surface area contributed by atoms with E-state index in [1.54, 1.807) is 0 Å². The average Bonchev–Trinajstić information content (AvgIpc) is 2.34. The molecule has 0 heterocycles. The molecule has 0 aliphatic rings. The number of hydrogen-bond acceptors (Lipinski definition) is 2. The van der Waals surface area contributed by atoms with E-state index < -0.39 is 6.67 Å². The topological polar surface area (TPSA) is 21.3 Å². The molecule has 0 aliphatic heterocycles. The van der Waals surface area contributed by atoms with Crippen molar-refractivity contribution in [3.05, 3.63) is 29.3 Å². The van der Waals surface area contributed by atoms with Crippen LogP contribution in [0.5, 0.6) is 5.75 Å². The third-order valence-corrected chi connectivity index (χ3v) is 2.73. The van der Waals surface area contributed by atoms with Crippen molar-refractivity contribution in [1.82, 2.24) is 5.32 Å². The Kier molecular flexibility index (Phi) is 5.98. The molecule has 0 aromatic heterocycles. The molecule has 0 saturated heterocycles. The first-order valence-electron chi connectivity index (χ1n) is 6.21. The fraction of sp³-hybridized carbons (Fsp3) is 0.571. The normalized spacial score (nSPS) is 12.5. The van der Waals surface area contributed by atoms with Crippen LogP contribution < -0.4 is 10.1 Å². The largest absolute Gasteiger partial charge is 0.491 e. The van der Waals surface area contributed by atoms with E-state index in [2.05, 4.69) is 25.2 Å². The minimum Gasteiger partial charge on any atom is -0.491 e. The molecular formula is C14H22FNO. The van der Waals surface area contributed by atoms with Crippen molar-refractivity contribution in [2.75, 3.05) is 19.8 Å². The van der Waals surface area contributed by atoms with Gasteiger partial charge in [-0.3, -0.25) is 0 Å². The van der Waals surface area contributed by atoms with Crippen molar-refractivity contribution >= 4 is 0 Å². The predicted octanol–water partition coefficient (Wildman–Crippen LogP) is 3.40. The number of ether oxygens (including phenoxy) is 1. The van der Waals surface area contributed by atoms with Gasteiger partial charge >= 0.3 is 0 Å². The molecule has 1 atom stereocenters. The van der Waals surface area contributed by atoms with Crippen molar-refractivity contribution in [1.29, 1.82) is 0 Å². The molecular weight excluding hydrogens is 217 g/mol. The maximum absolute atomic E-state index is 12.0. The number of benzene rings is 1. The molecule has 0 radical (unpaired) electrons. The van der Waals surface area contributed by atoms with Gasteiger partial charge in [-0.15, -0.1) is 0 Å². The maximum atomic E-state index is 12.0. The molecule has 1 aromatic rings. The van der Waals surface area contributed by atoms with E-state index in [1.165, 1.54) is 5.56 Å². The molecule has 96 valence electrons. The number of halogens is 1. The first-order valence-corrected chi connectivity index (χ1v) is 6.21. The lowest BCUT2D eigenvalue weighted by molar-refractivity contribution is 0.271. The smallest absolute Gasteiger partial charge is 0.123 e. The summed E-state index contributed by atoms with van der Waals surface area (Å²) in [5, 5.41) is 3.44. The molecule has 0 spiro atoms.